The molecule has 1 aromatic heterocycles. The second-order valence-corrected chi connectivity index (χ2v) is 7.66. The molecule has 3 rings (SSSR count). The summed E-state index contributed by atoms with van der Waals surface area (Å²) >= 11 is 0. The van der Waals surface area contributed by atoms with Crippen LogP contribution >= 0.6 is 0 Å². The minimum absolute atomic E-state index is 0.00652. The third-order valence-corrected chi connectivity index (χ3v) is 4.43. The average molecular weight is 342 g/mol. The van der Waals surface area contributed by atoms with Crippen LogP contribution < -0.4 is 5.32 Å². The van der Waals surface area contributed by atoms with Crippen molar-refractivity contribution in [3.63, 3.8) is 0 Å². The van der Waals surface area contributed by atoms with Gasteiger partial charge in [0.25, 0.3) is 5.91 Å². The summed E-state index contributed by atoms with van der Waals surface area (Å²) < 4.78 is 5.35. The molecule has 0 radical (unpaired) electrons. The van der Waals surface area contributed by atoms with Gasteiger partial charge in [0.05, 0.1) is 6.54 Å². The molecule has 1 N–H and O–H groups in total. The van der Waals surface area contributed by atoms with Gasteiger partial charge in [0.1, 0.15) is 0 Å². The highest BCUT2D eigenvalue weighted by Crippen LogP contribution is 2.20. The predicted molar refractivity (Wildman–Crippen MR) is 95.2 cm³/mol. The zero-order chi connectivity index (χ0) is 17.9. The van der Waals surface area contributed by atoms with E-state index in [0.717, 1.165) is 31.8 Å². The standard InChI is InChI=1S/C19H26N4O2/c1-19(2,3)18-21-16(22-25-18)13-23-11-9-15(10-12-23)20-17(24)14-7-5-4-6-8-14/h4-8,15H,9-13H2,1-3H3,(H,20,24). The molecule has 1 aliphatic heterocycles. The van der Waals surface area contributed by atoms with E-state index in [2.05, 4.69) is 41.1 Å². The van der Waals surface area contributed by atoms with Gasteiger partial charge >= 0.3 is 0 Å². The molecule has 25 heavy (non-hydrogen) atoms. The lowest BCUT2D eigenvalue weighted by molar-refractivity contribution is 0.0908. The minimum Gasteiger partial charge on any atom is -0.349 e. The van der Waals surface area contributed by atoms with Crippen LogP contribution in [0.4, 0.5) is 0 Å². The first-order valence-electron chi connectivity index (χ1n) is 8.83. The van der Waals surface area contributed by atoms with E-state index < -0.39 is 0 Å². The Morgan fingerprint density at radius 1 is 1.24 bits per heavy atom. The first-order valence-corrected chi connectivity index (χ1v) is 8.83. The number of carbonyl (C=O) groups is 1. The lowest BCUT2D eigenvalue weighted by atomic mass is 9.97. The molecule has 2 aromatic rings. The number of rotatable bonds is 4. The zero-order valence-corrected chi connectivity index (χ0v) is 15.2. The summed E-state index contributed by atoms with van der Waals surface area (Å²) in [4.78, 5) is 19.0. The van der Waals surface area contributed by atoms with Gasteiger partial charge in [0, 0.05) is 30.1 Å². The number of nitrogens with one attached hydrogen (secondary N) is 1. The van der Waals surface area contributed by atoms with E-state index in [1.54, 1.807) is 0 Å². The second-order valence-electron chi connectivity index (χ2n) is 7.66. The van der Waals surface area contributed by atoms with Crippen molar-refractivity contribution in [3.8, 4) is 0 Å². The molecule has 1 aromatic carbocycles. The summed E-state index contributed by atoms with van der Waals surface area (Å²) in [7, 11) is 0. The molecule has 6 heteroatoms. The van der Waals surface area contributed by atoms with Crippen LogP contribution in [0, 0.1) is 0 Å². The molecule has 1 fully saturated rings. The van der Waals surface area contributed by atoms with E-state index in [1.807, 2.05) is 30.3 Å². The highest BCUT2D eigenvalue weighted by atomic mass is 16.5. The summed E-state index contributed by atoms with van der Waals surface area (Å²) in [5.41, 5.74) is 0.589. The average Bonchev–Trinajstić information content (AvgIpc) is 3.06. The topological polar surface area (TPSA) is 71.3 Å². The molecule has 2 heterocycles. The highest BCUT2D eigenvalue weighted by molar-refractivity contribution is 5.94. The van der Waals surface area contributed by atoms with Gasteiger partial charge in [-0.25, -0.2) is 0 Å². The lowest BCUT2D eigenvalue weighted by Crippen LogP contribution is -2.44. The van der Waals surface area contributed by atoms with Crippen LogP contribution in [0.5, 0.6) is 0 Å². The Morgan fingerprint density at radius 2 is 1.92 bits per heavy atom. The van der Waals surface area contributed by atoms with Gasteiger partial charge in [-0.3, -0.25) is 9.69 Å². The van der Waals surface area contributed by atoms with Crippen molar-refractivity contribution in [3.05, 3.63) is 47.6 Å². The molecule has 1 amide bonds. The Kier molecular flexibility index (Phi) is 5.18. The maximum Gasteiger partial charge on any atom is 0.251 e. The smallest absolute Gasteiger partial charge is 0.251 e. The van der Waals surface area contributed by atoms with Crippen molar-refractivity contribution < 1.29 is 9.32 Å². The molecule has 0 aliphatic carbocycles. The number of carbonyl (C=O) groups excluding carboxylic acids is 1. The molecular formula is C19H26N4O2. The number of hydrogen-bond donors (Lipinski definition) is 1. The van der Waals surface area contributed by atoms with E-state index in [9.17, 15) is 4.79 Å². The van der Waals surface area contributed by atoms with Crippen molar-refractivity contribution in [2.45, 2.75) is 51.6 Å². The van der Waals surface area contributed by atoms with Crippen LogP contribution in [0.3, 0.4) is 0 Å². The zero-order valence-electron chi connectivity index (χ0n) is 15.2. The fraction of sp³-hybridized carbons (Fsp3) is 0.526. The normalized spacial score (nSPS) is 16.8. The number of benzene rings is 1. The van der Waals surface area contributed by atoms with Gasteiger partial charge in [-0.1, -0.05) is 44.1 Å². The largest absolute Gasteiger partial charge is 0.349 e. The Hall–Kier alpha value is -2.21. The van der Waals surface area contributed by atoms with Crippen LogP contribution in [0.2, 0.25) is 0 Å². The molecule has 0 spiro atoms. The highest BCUT2D eigenvalue weighted by Gasteiger charge is 2.25. The second kappa shape index (κ2) is 7.35. The quantitative estimate of drug-likeness (QED) is 0.925. The summed E-state index contributed by atoms with van der Waals surface area (Å²) in [5, 5.41) is 7.21. The number of likely N-dealkylation sites (tertiary alicyclic amines) is 1. The van der Waals surface area contributed by atoms with Crippen molar-refractivity contribution in [2.24, 2.45) is 0 Å². The molecule has 0 bridgehead atoms. The predicted octanol–water partition coefficient (Wildman–Crippen LogP) is 2.76. The van der Waals surface area contributed by atoms with Gasteiger partial charge in [-0.15, -0.1) is 0 Å². The number of aromatic nitrogens is 2. The Morgan fingerprint density at radius 3 is 2.52 bits per heavy atom. The van der Waals surface area contributed by atoms with E-state index in [-0.39, 0.29) is 17.4 Å². The third-order valence-electron chi connectivity index (χ3n) is 4.43. The van der Waals surface area contributed by atoms with E-state index in [4.69, 9.17) is 4.52 Å². The minimum atomic E-state index is -0.125. The maximum absolute atomic E-state index is 12.2. The van der Waals surface area contributed by atoms with E-state index in [1.165, 1.54) is 0 Å². The molecule has 134 valence electrons. The van der Waals surface area contributed by atoms with Crippen LogP contribution in [0.1, 0.15) is 55.7 Å². The monoisotopic (exact) mass is 342 g/mol. The van der Waals surface area contributed by atoms with Gasteiger partial charge < -0.3 is 9.84 Å². The number of nitrogens with zero attached hydrogens (tertiary/aromatic N) is 3. The Balaban J connectivity index is 1.47. The van der Waals surface area contributed by atoms with Gasteiger partial charge in [0.15, 0.2) is 5.82 Å². The van der Waals surface area contributed by atoms with Crippen LogP contribution in [-0.4, -0.2) is 40.1 Å². The van der Waals surface area contributed by atoms with Crippen molar-refractivity contribution >= 4 is 5.91 Å². The molecular weight excluding hydrogens is 316 g/mol. The fourth-order valence-electron chi connectivity index (χ4n) is 2.92. The summed E-state index contributed by atoms with van der Waals surface area (Å²) in [6.07, 6.45) is 1.87. The van der Waals surface area contributed by atoms with Crippen molar-refractivity contribution in [1.29, 1.82) is 0 Å². The van der Waals surface area contributed by atoms with Crippen molar-refractivity contribution in [2.75, 3.05) is 13.1 Å². The van der Waals surface area contributed by atoms with Gasteiger partial charge in [-0.05, 0) is 25.0 Å². The number of hydrogen-bond acceptors (Lipinski definition) is 5. The molecule has 0 saturated carbocycles. The summed E-state index contributed by atoms with van der Waals surface area (Å²) in [5.74, 6) is 1.41. The number of piperidine rings is 1. The fourth-order valence-corrected chi connectivity index (χ4v) is 2.92. The third kappa shape index (κ3) is 4.66. The molecule has 1 saturated heterocycles. The van der Waals surface area contributed by atoms with E-state index >= 15 is 0 Å². The van der Waals surface area contributed by atoms with Gasteiger partial charge in [0.2, 0.25) is 5.89 Å². The van der Waals surface area contributed by atoms with Crippen LogP contribution in [0.15, 0.2) is 34.9 Å². The van der Waals surface area contributed by atoms with Gasteiger partial charge in [-0.2, -0.15) is 4.98 Å². The summed E-state index contributed by atoms with van der Waals surface area (Å²) in [6.45, 7) is 8.71. The SMILES string of the molecule is CC(C)(C)c1nc(CN2CCC(NC(=O)c3ccccc3)CC2)no1. The van der Waals surface area contributed by atoms with E-state index in [0.29, 0.717) is 18.0 Å². The molecule has 1 aliphatic rings. The number of amides is 1. The lowest BCUT2D eigenvalue weighted by Gasteiger charge is -2.31. The van der Waals surface area contributed by atoms with Crippen LogP contribution in [0.25, 0.3) is 0 Å². The first-order chi connectivity index (χ1) is 11.9. The molecule has 0 atom stereocenters. The molecule has 0 unspecified atom stereocenters. The summed E-state index contributed by atoms with van der Waals surface area (Å²) in [6, 6.07) is 9.58. The van der Waals surface area contributed by atoms with Crippen LogP contribution in [-0.2, 0) is 12.0 Å². The first kappa shape index (κ1) is 17.6. The maximum atomic E-state index is 12.2. The molecule has 6 nitrogen and oxygen atoms in total. The van der Waals surface area contributed by atoms with Crippen molar-refractivity contribution in [1.82, 2.24) is 20.4 Å². The Bertz CT molecular complexity index is 698. The Labute approximate surface area is 148 Å².